The van der Waals surface area contributed by atoms with Crippen LogP contribution in [0.3, 0.4) is 0 Å². The number of unbranched alkanes of at least 4 members (excludes halogenated alkanes) is 1. The zero-order chi connectivity index (χ0) is 13.8. The fourth-order valence-electron chi connectivity index (χ4n) is 2.60. The van der Waals surface area contributed by atoms with Crippen LogP contribution in [0.2, 0.25) is 0 Å². The van der Waals surface area contributed by atoms with Crippen molar-refractivity contribution in [3.8, 4) is 0 Å². The van der Waals surface area contributed by atoms with E-state index in [0.717, 1.165) is 24.7 Å². The third-order valence-corrected chi connectivity index (χ3v) is 4.39. The molecule has 0 aromatic heterocycles. The largest absolute Gasteiger partial charge is 0.409 e. The minimum atomic E-state index is -0.194. The lowest BCUT2D eigenvalue weighted by Crippen LogP contribution is -2.32. The summed E-state index contributed by atoms with van der Waals surface area (Å²) in [6.45, 7) is 12.4. The number of amidine groups is 1. The summed E-state index contributed by atoms with van der Waals surface area (Å²) in [7, 11) is 0. The van der Waals surface area contributed by atoms with Gasteiger partial charge in [0, 0.05) is 18.5 Å². The average molecular weight is 255 g/mol. The first-order chi connectivity index (χ1) is 8.36. The Labute approximate surface area is 111 Å². The fraction of sp³-hybridized carbons (Fsp3) is 0.929. The van der Waals surface area contributed by atoms with Crippen molar-refractivity contribution in [1.82, 2.24) is 4.90 Å². The highest BCUT2D eigenvalue weighted by Gasteiger charge is 2.26. The number of rotatable bonds is 6. The van der Waals surface area contributed by atoms with Crippen LogP contribution in [0.4, 0.5) is 0 Å². The number of oxime groups is 1. The summed E-state index contributed by atoms with van der Waals surface area (Å²) in [4.78, 5) is 2.56. The van der Waals surface area contributed by atoms with Crippen molar-refractivity contribution in [2.75, 3.05) is 19.6 Å². The summed E-state index contributed by atoms with van der Waals surface area (Å²) in [6.07, 6.45) is 3.30. The first-order valence-electron chi connectivity index (χ1n) is 7.07. The van der Waals surface area contributed by atoms with Gasteiger partial charge >= 0.3 is 0 Å². The molecule has 0 aromatic rings. The lowest BCUT2D eigenvalue weighted by Gasteiger charge is -2.23. The van der Waals surface area contributed by atoms with Crippen molar-refractivity contribution in [1.29, 1.82) is 0 Å². The number of likely N-dealkylation sites (tertiary alicyclic amines) is 1. The smallest absolute Gasteiger partial charge is 0.144 e. The van der Waals surface area contributed by atoms with Crippen molar-refractivity contribution < 1.29 is 5.21 Å². The monoisotopic (exact) mass is 255 g/mol. The van der Waals surface area contributed by atoms with E-state index < -0.39 is 0 Å². The van der Waals surface area contributed by atoms with Crippen molar-refractivity contribution in [2.45, 2.75) is 47.0 Å². The molecule has 0 amide bonds. The molecular formula is C14H29N3O. The first kappa shape index (κ1) is 15.3. The molecule has 0 aromatic carbocycles. The first-order valence-corrected chi connectivity index (χ1v) is 7.07. The second-order valence-electron chi connectivity index (χ2n) is 6.54. The van der Waals surface area contributed by atoms with Gasteiger partial charge in [-0.2, -0.15) is 0 Å². The second-order valence-corrected chi connectivity index (χ2v) is 6.54. The third kappa shape index (κ3) is 4.16. The predicted molar refractivity (Wildman–Crippen MR) is 75.8 cm³/mol. The van der Waals surface area contributed by atoms with Gasteiger partial charge in [0.1, 0.15) is 5.84 Å². The Morgan fingerprint density at radius 3 is 2.33 bits per heavy atom. The average Bonchev–Trinajstić information content (AvgIpc) is 2.63. The highest BCUT2D eigenvalue weighted by Crippen LogP contribution is 2.25. The summed E-state index contributed by atoms with van der Waals surface area (Å²) in [5.41, 5.74) is 5.49. The molecule has 1 saturated heterocycles. The SMILES string of the molecule is CC1CN(CCCCC(C)(C)C(N)=NO)CC1C. The van der Waals surface area contributed by atoms with E-state index in [1.165, 1.54) is 26.1 Å². The number of hydrogen-bond donors (Lipinski definition) is 2. The molecule has 2 atom stereocenters. The van der Waals surface area contributed by atoms with E-state index in [-0.39, 0.29) is 5.41 Å². The zero-order valence-electron chi connectivity index (χ0n) is 12.3. The van der Waals surface area contributed by atoms with Crippen LogP contribution in [0.25, 0.3) is 0 Å². The van der Waals surface area contributed by atoms with E-state index >= 15 is 0 Å². The Balaban J connectivity index is 2.20. The van der Waals surface area contributed by atoms with Gasteiger partial charge in [-0.1, -0.05) is 39.3 Å². The summed E-state index contributed by atoms with van der Waals surface area (Å²) in [5, 5.41) is 11.8. The molecule has 1 aliphatic heterocycles. The summed E-state index contributed by atoms with van der Waals surface area (Å²) in [6, 6.07) is 0. The van der Waals surface area contributed by atoms with E-state index in [1.54, 1.807) is 0 Å². The maximum atomic E-state index is 8.71. The van der Waals surface area contributed by atoms with Crippen LogP contribution in [-0.2, 0) is 0 Å². The van der Waals surface area contributed by atoms with Crippen molar-refractivity contribution in [3.05, 3.63) is 0 Å². The van der Waals surface area contributed by atoms with Gasteiger partial charge in [-0.25, -0.2) is 0 Å². The molecule has 0 saturated carbocycles. The quantitative estimate of drug-likeness (QED) is 0.252. The molecule has 1 fully saturated rings. The van der Waals surface area contributed by atoms with Crippen LogP contribution in [-0.4, -0.2) is 35.6 Å². The molecule has 0 aliphatic carbocycles. The Bertz CT molecular complexity index is 279. The van der Waals surface area contributed by atoms with E-state index in [1.807, 2.05) is 13.8 Å². The van der Waals surface area contributed by atoms with Gasteiger partial charge in [-0.3, -0.25) is 0 Å². The molecule has 0 radical (unpaired) electrons. The van der Waals surface area contributed by atoms with Gasteiger partial charge < -0.3 is 15.8 Å². The number of nitrogens with two attached hydrogens (primary N) is 1. The number of nitrogens with zero attached hydrogens (tertiary/aromatic N) is 2. The molecule has 3 N–H and O–H groups in total. The van der Waals surface area contributed by atoms with Crippen molar-refractivity contribution in [3.63, 3.8) is 0 Å². The maximum absolute atomic E-state index is 8.71. The van der Waals surface area contributed by atoms with E-state index in [2.05, 4.69) is 23.9 Å². The normalized spacial score (nSPS) is 26.8. The molecule has 1 rings (SSSR count). The van der Waals surface area contributed by atoms with Gasteiger partial charge in [0.15, 0.2) is 0 Å². The molecule has 18 heavy (non-hydrogen) atoms. The van der Waals surface area contributed by atoms with Crippen molar-refractivity contribution >= 4 is 5.84 Å². The molecule has 4 heteroatoms. The zero-order valence-corrected chi connectivity index (χ0v) is 12.3. The Morgan fingerprint density at radius 1 is 1.28 bits per heavy atom. The second kappa shape index (κ2) is 6.41. The van der Waals surface area contributed by atoms with Crippen molar-refractivity contribution in [2.24, 2.45) is 28.1 Å². The molecule has 1 aliphatic rings. The summed E-state index contributed by atoms with van der Waals surface area (Å²) in [5.74, 6) is 2.00. The summed E-state index contributed by atoms with van der Waals surface area (Å²) < 4.78 is 0. The van der Waals surface area contributed by atoms with Crippen LogP contribution < -0.4 is 5.73 Å². The van der Waals surface area contributed by atoms with Gasteiger partial charge in [0.2, 0.25) is 0 Å². The van der Waals surface area contributed by atoms with Gasteiger partial charge in [-0.05, 0) is 31.2 Å². The molecular weight excluding hydrogens is 226 g/mol. The van der Waals surface area contributed by atoms with Gasteiger partial charge in [0.25, 0.3) is 0 Å². The Morgan fingerprint density at radius 2 is 1.83 bits per heavy atom. The standard InChI is InChI=1S/C14H29N3O/c1-11-9-17(10-12(11)2)8-6-5-7-14(3,4)13(15)16-18/h11-12,18H,5-10H2,1-4H3,(H2,15,16). The van der Waals surface area contributed by atoms with Crippen LogP contribution in [0, 0.1) is 17.3 Å². The highest BCUT2D eigenvalue weighted by atomic mass is 16.4. The van der Waals surface area contributed by atoms with Crippen LogP contribution in [0.1, 0.15) is 47.0 Å². The molecule has 1 heterocycles. The molecule has 106 valence electrons. The molecule has 0 spiro atoms. The van der Waals surface area contributed by atoms with Crippen LogP contribution in [0.15, 0.2) is 5.16 Å². The maximum Gasteiger partial charge on any atom is 0.144 e. The number of hydrogen-bond acceptors (Lipinski definition) is 3. The Kier molecular flexibility index (Phi) is 5.45. The minimum absolute atomic E-state index is 0.194. The lowest BCUT2D eigenvalue weighted by molar-refractivity contribution is 0.294. The topological polar surface area (TPSA) is 61.8 Å². The molecule has 4 nitrogen and oxygen atoms in total. The lowest BCUT2D eigenvalue weighted by atomic mass is 9.86. The van der Waals surface area contributed by atoms with Crippen LogP contribution >= 0.6 is 0 Å². The third-order valence-electron chi connectivity index (χ3n) is 4.39. The van der Waals surface area contributed by atoms with E-state index in [0.29, 0.717) is 5.84 Å². The Hall–Kier alpha value is -0.770. The minimum Gasteiger partial charge on any atom is -0.409 e. The molecule has 0 bridgehead atoms. The molecule has 2 unspecified atom stereocenters. The van der Waals surface area contributed by atoms with Crippen LogP contribution in [0.5, 0.6) is 0 Å². The highest BCUT2D eigenvalue weighted by molar-refractivity contribution is 5.85. The van der Waals surface area contributed by atoms with Gasteiger partial charge in [0.05, 0.1) is 0 Å². The van der Waals surface area contributed by atoms with Gasteiger partial charge in [-0.15, -0.1) is 0 Å². The summed E-state index contributed by atoms with van der Waals surface area (Å²) >= 11 is 0. The fourth-order valence-corrected chi connectivity index (χ4v) is 2.60. The predicted octanol–water partition coefficient (Wildman–Crippen LogP) is 2.52. The van der Waals surface area contributed by atoms with E-state index in [4.69, 9.17) is 10.9 Å². The van der Waals surface area contributed by atoms with E-state index in [9.17, 15) is 0 Å².